The number of methoxy groups -OCH3 is 1. The molecule has 3 aromatic rings. The largest absolute Gasteiger partial charge is 0.495 e. The van der Waals surface area contributed by atoms with Gasteiger partial charge in [0.2, 0.25) is 0 Å². The Hall–Kier alpha value is -2.57. The third-order valence-electron chi connectivity index (χ3n) is 3.58. The van der Waals surface area contributed by atoms with E-state index < -0.39 is 0 Å². The Bertz CT molecular complexity index is 909. The van der Waals surface area contributed by atoms with Gasteiger partial charge in [0.1, 0.15) is 28.8 Å². The van der Waals surface area contributed by atoms with Gasteiger partial charge in [-0.3, -0.25) is 4.79 Å². The van der Waals surface area contributed by atoms with Crippen LogP contribution in [0.3, 0.4) is 0 Å². The van der Waals surface area contributed by atoms with Crippen LogP contribution in [-0.4, -0.2) is 18.0 Å². The number of nitrogens with zero attached hydrogens (tertiary/aromatic N) is 1. The molecule has 0 fully saturated rings. The van der Waals surface area contributed by atoms with Crippen LogP contribution >= 0.6 is 22.9 Å². The minimum atomic E-state index is -0.330. The van der Waals surface area contributed by atoms with E-state index in [9.17, 15) is 4.79 Å². The Morgan fingerprint density at radius 2 is 2.00 bits per heavy atom. The Balaban J connectivity index is 1.64. The summed E-state index contributed by atoms with van der Waals surface area (Å²) >= 11 is 7.35. The summed E-state index contributed by atoms with van der Waals surface area (Å²) in [7, 11) is 1.53. The fourth-order valence-corrected chi connectivity index (χ4v) is 3.08. The Kier molecular flexibility index (Phi) is 5.75. The number of nitrogens with one attached hydrogen (secondary N) is 1. The average molecular weight is 389 g/mol. The van der Waals surface area contributed by atoms with Gasteiger partial charge in [-0.1, -0.05) is 29.3 Å². The maximum absolute atomic E-state index is 12.4. The molecule has 1 heterocycles. The highest BCUT2D eigenvalue weighted by atomic mass is 35.5. The SMILES string of the molecule is COc1ccc(Cl)cc1NC(=O)c1csc(COc2ccc(C)cc2)n1. The number of carbonyl (C=O) groups is 1. The van der Waals surface area contributed by atoms with Crippen LogP contribution in [0.5, 0.6) is 11.5 Å². The third-order valence-corrected chi connectivity index (χ3v) is 4.63. The van der Waals surface area contributed by atoms with Crippen molar-refractivity contribution in [1.29, 1.82) is 0 Å². The maximum atomic E-state index is 12.4. The minimum Gasteiger partial charge on any atom is -0.495 e. The average Bonchev–Trinajstić information content (AvgIpc) is 3.11. The minimum absolute atomic E-state index is 0.307. The molecule has 0 aliphatic rings. The highest BCUT2D eigenvalue weighted by Crippen LogP contribution is 2.28. The number of rotatable bonds is 6. The van der Waals surface area contributed by atoms with Gasteiger partial charge in [-0.05, 0) is 37.3 Å². The zero-order valence-electron chi connectivity index (χ0n) is 14.3. The number of carbonyl (C=O) groups excluding carboxylic acids is 1. The van der Waals surface area contributed by atoms with Crippen molar-refractivity contribution in [3.63, 3.8) is 0 Å². The van der Waals surface area contributed by atoms with Gasteiger partial charge in [-0.2, -0.15) is 0 Å². The molecule has 0 bridgehead atoms. The zero-order valence-corrected chi connectivity index (χ0v) is 15.9. The molecule has 5 nitrogen and oxygen atoms in total. The number of aromatic nitrogens is 1. The van der Waals surface area contributed by atoms with Crippen LogP contribution in [0.25, 0.3) is 0 Å². The number of hydrogen-bond donors (Lipinski definition) is 1. The number of hydrogen-bond acceptors (Lipinski definition) is 5. The molecule has 0 aliphatic heterocycles. The first-order valence-corrected chi connectivity index (χ1v) is 9.09. The number of benzene rings is 2. The molecule has 26 heavy (non-hydrogen) atoms. The van der Waals surface area contributed by atoms with Crippen molar-refractivity contribution in [3.05, 3.63) is 69.1 Å². The van der Waals surface area contributed by atoms with Crippen LogP contribution in [0.15, 0.2) is 47.8 Å². The third kappa shape index (κ3) is 4.53. The summed E-state index contributed by atoms with van der Waals surface area (Å²) in [5.74, 6) is 0.963. The van der Waals surface area contributed by atoms with Crippen LogP contribution in [-0.2, 0) is 6.61 Å². The van der Waals surface area contributed by atoms with Crippen molar-refractivity contribution >= 4 is 34.5 Å². The lowest BCUT2D eigenvalue weighted by Gasteiger charge is -2.09. The van der Waals surface area contributed by atoms with E-state index in [1.807, 2.05) is 31.2 Å². The van der Waals surface area contributed by atoms with Crippen LogP contribution in [0.2, 0.25) is 5.02 Å². The first-order valence-electron chi connectivity index (χ1n) is 7.84. The Morgan fingerprint density at radius 1 is 1.23 bits per heavy atom. The summed E-state index contributed by atoms with van der Waals surface area (Å²) in [6, 6.07) is 12.8. The number of ether oxygens (including phenoxy) is 2. The van der Waals surface area contributed by atoms with Gasteiger partial charge in [0.05, 0.1) is 12.8 Å². The summed E-state index contributed by atoms with van der Waals surface area (Å²) < 4.78 is 10.9. The topological polar surface area (TPSA) is 60.5 Å². The summed E-state index contributed by atoms with van der Waals surface area (Å²) in [5.41, 5.74) is 1.98. The van der Waals surface area contributed by atoms with E-state index in [0.717, 1.165) is 5.75 Å². The van der Waals surface area contributed by atoms with Crippen molar-refractivity contribution in [1.82, 2.24) is 4.98 Å². The molecule has 0 spiro atoms. The van der Waals surface area contributed by atoms with E-state index in [1.54, 1.807) is 23.6 Å². The highest BCUT2D eigenvalue weighted by Gasteiger charge is 2.14. The predicted molar refractivity (Wildman–Crippen MR) is 104 cm³/mol. The van der Waals surface area contributed by atoms with Crippen molar-refractivity contribution in [2.24, 2.45) is 0 Å². The molecular formula is C19H17ClN2O3S. The standard InChI is InChI=1S/C19H17ClN2O3S/c1-12-3-6-14(7-4-12)25-10-18-21-16(11-26-18)19(23)22-15-9-13(20)5-8-17(15)24-2/h3-9,11H,10H2,1-2H3,(H,22,23). The van der Waals surface area contributed by atoms with E-state index in [-0.39, 0.29) is 5.91 Å². The number of anilines is 1. The van der Waals surface area contributed by atoms with Gasteiger partial charge in [-0.25, -0.2) is 4.98 Å². The summed E-state index contributed by atoms with van der Waals surface area (Å²) in [6.45, 7) is 2.33. The maximum Gasteiger partial charge on any atom is 0.275 e. The van der Waals surface area contributed by atoms with Gasteiger partial charge in [-0.15, -0.1) is 11.3 Å². The van der Waals surface area contributed by atoms with E-state index in [4.69, 9.17) is 21.1 Å². The molecule has 0 radical (unpaired) electrons. The Labute approximate surface area is 160 Å². The molecule has 7 heteroatoms. The number of amides is 1. The molecule has 0 saturated carbocycles. The van der Waals surface area contributed by atoms with Gasteiger partial charge in [0.25, 0.3) is 5.91 Å². The summed E-state index contributed by atoms with van der Waals surface area (Å²) in [4.78, 5) is 16.7. The second-order valence-electron chi connectivity index (χ2n) is 5.53. The van der Waals surface area contributed by atoms with Gasteiger partial charge < -0.3 is 14.8 Å². The first kappa shape index (κ1) is 18.2. The monoisotopic (exact) mass is 388 g/mol. The molecule has 0 aliphatic carbocycles. The lowest BCUT2D eigenvalue weighted by molar-refractivity contribution is 0.102. The lowest BCUT2D eigenvalue weighted by atomic mass is 10.2. The van der Waals surface area contributed by atoms with E-state index >= 15 is 0 Å². The molecular weight excluding hydrogens is 372 g/mol. The lowest BCUT2D eigenvalue weighted by Crippen LogP contribution is -2.13. The van der Waals surface area contributed by atoms with E-state index in [1.165, 1.54) is 24.0 Å². The summed E-state index contributed by atoms with van der Waals surface area (Å²) in [6.07, 6.45) is 0. The Morgan fingerprint density at radius 3 is 2.73 bits per heavy atom. The van der Waals surface area contributed by atoms with Crippen molar-refractivity contribution in [3.8, 4) is 11.5 Å². The van der Waals surface area contributed by atoms with Crippen molar-refractivity contribution < 1.29 is 14.3 Å². The van der Waals surface area contributed by atoms with Crippen LogP contribution in [0, 0.1) is 6.92 Å². The number of aryl methyl sites for hydroxylation is 1. The molecule has 2 aromatic carbocycles. The smallest absolute Gasteiger partial charge is 0.275 e. The highest BCUT2D eigenvalue weighted by molar-refractivity contribution is 7.09. The fourth-order valence-electron chi connectivity index (χ4n) is 2.23. The normalized spacial score (nSPS) is 10.4. The van der Waals surface area contributed by atoms with Gasteiger partial charge in [0, 0.05) is 10.4 Å². The molecule has 1 N–H and O–H groups in total. The molecule has 0 atom stereocenters. The van der Waals surface area contributed by atoms with E-state index in [0.29, 0.717) is 33.8 Å². The molecule has 0 unspecified atom stereocenters. The van der Waals surface area contributed by atoms with Gasteiger partial charge >= 0.3 is 0 Å². The predicted octanol–water partition coefficient (Wildman–Crippen LogP) is 4.94. The molecule has 1 aromatic heterocycles. The van der Waals surface area contributed by atoms with Crippen molar-refractivity contribution in [2.75, 3.05) is 12.4 Å². The van der Waals surface area contributed by atoms with Crippen LogP contribution in [0.4, 0.5) is 5.69 Å². The zero-order chi connectivity index (χ0) is 18.5. The molecule has 1 amide bonds. The van der Waals surface area contributed by atoms with E-state index in [2.05, 4.69) is 10.3 Å². The van der Waals surface area contributed by atoms with Crippen LogP contribution < -0.4 is 14.8 Å². The molecule has 3 rings (SSSR count). The number of halogens is 1. The van der Waals surface area contributed by atoms with Gasteiger partial charge in [0.15, 0.2) is 0 Å². The fraction of sp³-hybridized carbons (Fsp3) is 0.158. The van der Waals surface area contributed by atoms with Crippen LogP contribution in [0.1, 0.15) is 21.1 Å². The quantitative estimate of drug-likeness (QED) is 0.649. The molecule has 0 saturated heterocycles. The first-order chi connectivity index (χ1) is 12.5. The number of thiazole rings is 1. The van der Waals surface area contributed by atoms with Crippen molar-refractivity contribution in [2.45, 2.75) is 13.5 Å². The summed E-state index contributed by atoms with van der Waals surface area (Å²) in [5, 5.41) is 5.68. The second kappa shape index (κ2) is 8.21. The second-order valence-corrected chi connectivity index (χ2v) is 6.91. The molecule has 134 valence electrons.